The minimum atomic E-state index is -0.425. The number of rotatable bonds is 8. The lowest BCUT2D eigenvalue weighted by molar-refractivity contribution is -0.140. The zero-order valence-corrected chi connectivity index (χ0v) is 16.9. The summed E-state index contributed by atoms with van der Waals surface area (Å²) in [6, 6.07) is 14.0. The molecule has 150 valence electrons. The fourth-order valence-corrected chi connectivity index (χ4v) is 3.75. The molecule has 0 unspecified atom stereocenters. The molecule has 7 nitrogen and oxygen atoms in total. The van der Waals surface area contributed by atoms with Gasteiger partial charge in [-0.2, -0.15) is 0 Å². The van der Waals surface area contributed by atoms with Crippen LogP contribution in [0.4, 0.5) is 0 Å². The lowest BCUT2D eigenvalue weighted by atomic mass is 10.1. The summed E-state index contributed by atoms with van der Waals surface area (Å²) in [7, 11) is 2.81. The van der Waals surface area contributed by atoms with E-state index in [1.807, 2.05) is 0 Å². The summed E-state index contributed by atoms with van der Waals surface area (Å²) in [5, 5.41) is 0.832. The first-order valence-electron chi connectivity index (χ1n) is 8.90. The predicted octanol–water partition coefficient (Wildman–Crippen LogP) is 2.94. The molecular formula is C21H20N2O5S. The van der Waals surface area contributed by atoms with Gasteiger partial charge in [-0.05, 0) is 24.3 Å². The molecule has 0 fully saturated rings. The number of hydrogen-bond donors (Lipinski definition) is 0. The highest BCUT2D eigenvalue weighted by molar-refractivity contribution is 7.99. The van der Waals surface area contributed by atoms with E-state index in [1.54, 1.807) is 48.5 Å². The highest BCUT2D eigenvalue weighted by atomic mass is 32.2. The number of ketones is 1. The van der Waals surface area contributed by atoms with Crippen LogP contribution in [-0.2, 0) is 16.1 Å². The number of thioether (sulfide) groups is 1. The molecule has 0 atom stereocenters. The molecule has 0 aliphatic rings. The zero-order chi connectivity index (χ0) is 20.8. The summed E-state index contributed by atoms with van der Waals surface area (Å²) in [4.78, 5) is 41.7. The highest BCUT2D eigenvalue weighted by Crippen LogP contribution is 2.23. The minimum Gasteiger partial charge on any atom is -0.496 e. The first-order valence-corrected chi connectivity index (χ1v) is 9.89. The van der Waals surface area contributed by atoms with Crippen LogP contribution in [0.5, 0.6) is 5.75 Å². The van der Waals surface area contributed by atoms with Crippen molar-refractivity contribution in [3.63, 3.8) is 0 Å². The Kier molecular flexibility index (Phi) is 6.66. The van der Waals surface area contributed by atoms with Gasteiger partial charge in [0.05, 0.1) is 42.9 Å². The molecule has 0 spiro atoms. The van der Waals surface area contributed by atoms with Crippen LogP contribution < -0.4 is 10.3 Å². The van der Waals surface area contributed by atoms with E-state index < -0.39 is 5.97 Å². The molecule has 1 heterocycles. The molecule has 0 N–H and O–H groups in total. The van der Waals surface area contributed by atoms with Crippen molar-refractivity contribution in [2.24, 2.45) is 0 Å². The zero-order valence-electron chi connectivity index (χ0n) is 16.1. The average molecular weight is 412 g/mol. The molecule has 8 heteroatoms. The van der Waals surface area contributed by atoms with Crippen molar-refractivity contribution in [2.75, 3.05) is 20.0 Å². The molecule has 3 rings (SSSR count). The number of nitrogens with zero attached hydrogens (tertiary/aromatic N) is 2. The van der Waals surface area contributed by atoms with Gasteiger partial charge in [-0.1, -0.05) is 36.0 Å². The van der Waals surface area contributed by atoms with Gasteiger partial charge < -0.3 is 9.47 Å². The van der Waals surface area contributed by atoms with E-state index in [0.717, 1.165) is 11.8 Å². The Morgan fingerprint density at radius 2 is 1.79 bits per heavy atom. The van der Waals surface area contributed by atoms with Crippen LogP contribution in [0.2, 0.25) is 0 Å². The maximum Gasteiger partial charge on any atom is 0.307 e. The topological polar surface area (TPSA) is 87.5 Å². The fraction of sp³-hybridized carbons (Fsp3) is 0.238. The number of carbonyl (C=O) groups is 2. The van der Waals surface area contributed by atoms with Gasteiger partial charge >= 0.3 is 5.97 Å². The molecule has 0 aliphatic carbocycles. The molecule has 29 heavy (non-hydrogen) atoms. The van der Waals surface area contributed by atoms with E-state index in [2.05, 4.69) is 9.72 Å². The third kappa shape index (κ3) is 4.65. The molecule has 0 aliphatic heterocycles. The van der Waals surface area contributed by atoms with Crippen molar-refractivity contribution in [1.82, 2.24) is 9.55 Å². The number of carbonyl (C=O) groups excluding carboxylic acids is 2. The van der Waals surface area contributed by atoms with Gasteiger partial charge in [0.2, 0.25) is 0 Å². The molecule has 1 aromatic heterocycles. The molecule has 0 bridgehead atoms. The summed E-state index contributed by atoms with van der Waals surface area (Å²) < 4.78 is 11.3. The smallest absolute Gasteiger partial charge is 0.307 e. The van der Waals surface area contributed by atoms with E-state index in [9.17, 15) is 14.4 Å². The number of ether oxygens (including phenoxy) is 2. The monoisotopic (exact) mass is 412 g/mol. The third-order valence-corrected chi connectivity index (χ3v) is 5.31. The molecule has 3 aromatic rings. The first-order chi connectivity index (χ1) is 14.0. The van der Waals surface area contributed by atoms with Crippen molar-refractivity contribution in [3.05, 3.63) is 64.4 Å². The summed E-state index contributed by atoms with van der Waals surface area (Å²) >= 11 is 1.15. The van der Waals surface area contributed by atoms with Gasteiger partial charge in [-0.25, -0.2) is 4.98 Å². The number of esters is 1. The molecule has 0 saturated carbocycles. The van der Waals surface area contributed by atoms with Crippen LogP contribution in [0, 0.1) is 0 Å². The van der Waals surface area contributed by atoms with Gasteiger partial charge in [0, 0.05) is 6.54 Å². The fourth-order valence-electron chi connectivity index (χ4n) is 2.84. The number of hydrogen-bond acceptors (Lipinski definition) is 7. The van der Waals surface area contributed by atoms with Gasteiger partial charge in [0.15, 0.2) is 10.9 Å². The van der Waals surface area contributed by atoms with Crippen LogP contribution >= 0.6 is 11.8 Å². The third-order valence-electron chi connectivity index (χ3n) is 4.33. The van der Waals surface area contributed by atoms with Crippen molar-refractivity contribution < 1.29 is 19.1 Å². The standard InChI is InChI=1S/C21H20N2O5S/c1-27-18-10-6-4-8-15(18)17(24)13-29-21-22-16-9-5-3-7-14(16)20(26)23(21)12-11-19(25)28-2/h3-10H,11-13H2,1-2H3. The number of aromatic nitrogens is 2. The minimum absolute atomic E-state index is 0.0322. The molecule has 0 radical (unpaired) electrons. The van der Waals surface area contributed by atoms with Gasteiger partial charge in [0.25, 0.3) is 5.56 Å². The van der Waals surface area contributed by atoms with Crippen LogP contribution in [-0.4, -0.2) is 41.3 Å². The average Bonchev–Trinajstić information content (AvgIpc) is 2.76. The second kappa shape index (κ2) is 9.38. The van der Waals surface area contributed by atoms with E-state index >= 15 is 0 Å². The Morgan fingerprint density at radius 3 is 2.55 bits per heavy atom. The lowest BCUT2D eigenvalue weighted by Gasteiger charge is -2.13. The van der Waals surface area contributed by atoms with E-state index in [0.29, 0.717) is 27.4 Å². The molecule has 0 saturated heterocycles. The van der Waals surface area contributed by atoms with Crippen molar-refractivity contribution in [3.8, 4) is 5.75 Å². The van der Waals surface area contributed by atoms with E-state index in [-0.39, 0.29) is 30.1 Å². The Labute approximate surface area is 171 Å². The van der Waals surface area contributed by atoms with Gasteiger partial charge in [-0.3, -0.25) is 19.0 Å². The molecule has 0 amide bonds. The number of para-hydroxylation sites is 2. The van der Waals surface area contributed by atoms with Crippen molar-refractivity contribution in [2.45, 2.75) is 18.1 Å². The highest BCUT2D eigenvalue weighted by Gasteiger charge is 2.17. The van der Waals surface area contributed by atoms with E-state index in [1.165, 1.54) is 18.8 Å². The number of fused-ring (bicyclic) bond motifs is 1. The Hall–Kier alpha value is -3.13. The first kappa shape index (κ1) is 20.6. The Bertz CT molecular complexity index is 1110. The quantitative estimate of drug-likeness (QED) is 0.243. The second-order valence-corrected chi connectivity index (χ2v) is 7.05. The summed E-state index contributed by atoms with van der Waals surface area (Å²) in [5.74, 6) is -0.00301. The maximum absolute atomic E-state index is 12.9. The van der Waals surface area contributed by atoms with Crippen LogP contribution in [0.3, 0.4) is 0 Å². The summed E-state index contributed by atoms with van der Waals surface area (Å²) in [6.45, 7) is 0.120. The number of methoxy groups -OCH3 is 2. The van der Waals surface area contributed by atoms with Gasteiger partial charge in [-0.15, -0.1) is 0 Å². The SMILES string of the molecule is COC(=O)CCn1c(SCC(=O)c2ccccc2OC)nc2ccccc2c1=O. The summed E-state index contributed by atoms with van der Waals surface area (Å²) in [6.07, 6.45) is 0.0322. The maximum atomic E-state index is 12.9. The molecule has 2 aromatic carbocycles. The number of Topliss-reactive ketones (excluding diaryl/α,β-unsaturated/α-hetero) is 1. The molecular weight excluding hydrogens is 392 g/mol. The van der Waals surface area contributed by atoms with Crippen LogP contribution in [0.15, 0.2) is 58.5 Å². The van der Waals surface area contributed by atoms with Crippen LogP contribution in [0.1, 0.15) is 16.8 Å². The van der Waals surface area contributed by atoms with Crippen molar-refractivity contribution >= 4 is 34.4 Å². The van der Waals surface area contributed by atoms with Crippen LogP contribution in [0.25, 0.3) is 10.9 Å². The largest absolute Gasteiger partial charge is 0.496 e. The normalized spacial score (nSPS) is 10.7. The Morgan fingerprint density at radius 1 is 1.07 bits per heavy atom. The predicted molar refractivity (Wildman–Crippen MR) is 111 cm³/mol. The Balaban J connectivity index is 1.91. The summed E-state index contributed by atoms with van der Waals surface area (Å²) in [5.41, 5.74) is 0.748. The number of benzene rings is 2. The lowest BCUT2D eigenvalue weighted by Crippen LogP contribution is -2.25. The second-order valence-electron chi connectivity index (χ2n) is 6.11. The van der Waals surface area contributed by atoms with Gasteiger partial charge in [0.1, 0.15) is 5.75 Å². The van der Waals surface area contributed by atoms with E-state index in [4.69, 9.17) is 4.74 Å². The van der Waals surface area contributed by atoms with Crippen molar-refractivity contribution in [1.29, 1.82) is 0 Å².